The Kier molecular flexibility index (Phi) is 3.17. The van der Waals surface area contributed by atoms with Crippen molar-refractivity contribution < 1.29 is 4.79 Å². The Morgan fingerprint density at radius 3 is 2.87 bits per heavy atom. The first-order valence-corrected chi connectivity index (χ1v) is 6.27. The third-order valence-corrected chi connectivity index (χ3v) is 4.00. The number of nitrogens with zero attached hydrogens (tertiary/aromatic N) is 1. The van der Waals surface area contributed by atoms with Gasteiger partial charge in [-0.05, 0) is 43.9 Å². The molecule has 82 valence electrons. The number of carbonyl (C=O) groups excluding carboxylic acids is 1. The number of nitrogens with one attached hydrogen (secondary N) is 1. The molecule has 2 heterocycles. The van der Waals surface area contributed by atoms with Gasteiger partial charge in [-0.2, -0.15) is 0 Å². The molecule has 0 aliphatic carbocycles. The molecule has 0 aromatic carbocycles. The topological polar surface area (TPSA) is 42.0 Å². The number of aromatic nitrogens is 1. The van der Waals surface area contributed by atoms with Crippen LogP contribution in [0.15, 0.2) is 11.6 Å². The van der Waals surface area contributed by atoms with Crippen LogP contribution in [0.5, 0.6) is 0 Å². The molecule has 2 rings (SSSR count). The van der Waals surface area contributed by atoms with Crippen LogP contribution in [-0.4, -0.2) is 23.2 Å². The zero-order valence-corrected chi connectivity index (χ0v) is 9.77. The normalized spacial score (nSPS) is 20.1. The van der Waals surface area contributed by atoms with E-state index in [0.717, 1.165) is 37.9 Å². The minimum atomic E-state index is -0.131. The van der Waals surface area contributed by atoms with Crippen LogP contribution in [0.25, 0.3) is 0 Å². The van der Waals surface area contributed by atoms with Crippen LogP contribution in [0.1, 0.15) is 36.5 Å². The van der Waals surface area contributed by atoms with Crippen LogP contribution in [0.4, 0.5) is 0 Å². The number of hydrogen-bond donors (Lipinski definition) is 1. The van der Waals surface area contributed by atoms with E-state index in [1.54, 1.807) is 6.20 Å². The molecule has 1 saturated heterocycles. The minimum Gasteiger partial charge on any atom is -0.317 e. The van der Waals surface area contributed by atoms with Gasteiger partial charge in [-0.1, -0.05) is 6.92 Å². The standard InChI is InChI=1S/C11H16N2OS/c1-2-11(3-5-12-6-4-11)10(14)9-7-13-15-8-9/h7-8,12H,2-6H2,1H3. The van der Waals surface area contributed by atoms with Crippen molar-refractivity contribution in [3.05, 3.63) is 17.1 Å². The SMILES string of the molecule is CCC1(C(=O)c2cnsc2)CCNCC1. The summed E-state index contributed by atoms with van der Waals surface area (Å²) in [5.41, 5.74) is 0.664. The van der Waals surface area contributed by atoms with Crippen molar-refractivity contribution in [1.29, 1.82) is 0 Å². The van der Waals surface area contributed by atoms with Gasteiger partial charge in [-0.3, -0.25) is 4.79 Å². The van der Waals surface area contributed by atoms with Gasteiger partial charge in [0, 0.05) is 16.4 Å². The fourth-order valence-electron chi connectivity index (χ4n) is 2.27. The van der Waals surface area contributed by atoms with E-state index in [1.807, 2.05) is 5.38 Å². The van der Waals surface area contributed by atoms with Crippen molar-refractivity contribution in [2.75, 3.05) is 13.1 Å². The van der Waals surface area contributed by atoms with Crippen molar-refractivity contribution in [3.63, 3.8) is 0 Å². The second kappa shape index (κ2) is 4.41. The van der Waals surface area contributed by atoms with E-state index in [4.69, 9.17) is 0 Å². The Labute approximate surface area is 94.1 Å². The van der Waals surface area contributed by atoms with Crippen LogP contribution in [0.2, 0.25) is 0 Å². The molecule has 0 spiro atoms. The summed E-state index contributed by atoms with van der Waals surface area (Å²) in [4.78, 5) is 12.4. The Hall–Kier alpha value is -0.740. The fraction of sp³-hybridized carbons (Fsp3) is 0.636. The molecular weight excluding hydrogens is 208 g/mol. The molecule has 0 amide bonds. The van der Waals surface area contributed by atoms with Gasteiger partial charge < -0.3 is 5.32 Å². The average molecular weight is 224 g/mol. The second-order valence-electron chi connectivity index (χ2n) is 4.13. The summed E-state index contributed by atoms with van der Waals surface area (Å²) in [6.07, 6.45) is 4.55. The van der Waals surface area contributed by atoms with Gasteiger partial charge >= 0.3 is 0 Å². The lowest BCUT2D eigenvalue weighted by atomic mass is 9.72. The molecule has 0 unspecified atom stereocenters. The lowest BCUT2D eigenvalue weighted by molar-refractivity contribution is 0.0718. The van der Waals surface area contributed by atoms with E-state index < -0.39 is 0 Å². The summed E-state index contributed by atoms with van der Waals surface area (Å²) in [6.45, 7) is 4.03. The lowest BCUT2D eigenvalue weighted by Gasteiger charge is -2.35. The zero-order valence-electron chi connectivity index (χ0n) is 8.95. The van der Waals surface area contributed by atoms with Crippen LogP contribution in [-0.2, 0) is 0 Å². The van der Waals surface area contributed by atoms with Gasteiger partial charge in [0.25, 0.3) is 0 Å². The van der Waals surface area contributed by atoms with Crippen LogP contribution < -0.4 is 5.32 Å². The maximum Gasteiger partial charge on any atom is 0.171 e. The van der Waals surface area contributed by atoms with Gasteiger partial charge in [-0.15, -0.1) is 0 Å². The van der Waals surface area contributed by atoms with Gasteiger partial charge in [0.05, 0.1) is 6.20 Å². The molecule has 1 aliphatic heterocycles. The van der Waals surface area contributed by atoms with Crippen molar-refractivity contribution in [3.8, 4) is 0 Å². The number of Topliss-reactive ketones (excluding diaryl/α,β-unsaturated/α-hetero) is 1. The molecular formula is C11H16N2OS. The quantitative estimate of drug-likeness (QED) is 0.799. The summed E-state index contributed by atoms with van der Waals surface area (Å²) >= 11 is 1.35. The number of piperidine rings is 1. The van der Waals surface area contributed by atoms with Gasteiger partial charge in [0.15, 0.2) is 5.78 Å². The molecule has 0 bridgehead atoms. The molecule has 3 nitrogen and oxygen atoms in total. The molecule has 1 fully saturated rings. The maximum atomic E-state index is 12.4. The van der Waals surface area contributed by atoms with E-state index in [2.05, 4.69) is 16.6 Å². The fourth-order valence-corrected chi connectivity index (χ4v) is 2.79. The predicted molar refractivity (Wildman–Crippen MR) is 61.3 cm³/mol. The molecule has 1 N–H and O–H groups in total. The zero-order chi connectivity index (χ0) is 10.7. The molecule has 15 heavy (non-hydrogen) atoms. The maximum absolute atomic E-state index is 12.4. The number of hydrogen-bond acceptors (Lipinski definition) is 4. The number of ketones is 1. The third kappa shape index (κ3) is 1.96. The van der Waals surface area contributed by atoms with Crippen molar-refractivity contribution in [2.45, 2.75) is 26.2 Å². The van der Waals surface area contributed by atoms with Crippen molar-refractivity contribution >= 4 is 17.3 Å². The first-order valence-electron chi connectivity index (χ1n) is 5.43. The van der Waals surface area contributed by atoms with E-state index >= 15 is 0 Å². The average Bonchev–Trinajstić information content (AvgIpc) is 2.82. The number of carbonyl (C=O) groups is 1. The van der Waals surface area contributed by atoms with Crippen LogP contribution >= 0.6 is 11.5 Å². The summed E-state index contributed by atoms with van der Waals surface area (Å²) in [5.74, 6) is 0.292. The first kappa shape index (κ1) is 10.8. The summed E-state index contributed by atoms with van der Waals surface area (Å²) in [6, 6.07) is 0. The monoisotopic (exact) mass is 224 g/mol. The van der Waals surface area contributed by atoms with Crippen molar-refractivity contribution in [1.82, 2.24) is 9.69 Å². The lowest BCUT2D eigenvalue weighted by Crippen LogP contribution is -2.41. The third-order valence-electron chi connectivity index (χ3n) is 3.41. The Balaban J connectivity index is 2.22. The molecule has 1 aromatic rings. The second-order valence-corrected chi connectivity index (χ2v) is 4.78. The summed E-state index contributed by atoms with van der Waals surface area (Å²) < 4.78 is 4.01. The van der Waals surface area contributed by atoms with E-state index in [0.29, 0.717) is 5.78 Å². The van der Waals surface area contributed by atoms with Gasteiger partial charge in [0.1, 0.15) is 0 Å². The smallest absolute Gasteiger partial charge is 0.171 e. The summed E-state index contributed by atoms with van der Waals surface area (Å²) in [5, 5.41) is 5.17. The van der Waals surface area contributed by atoms with Crippen LogP contribution in [0.3, 0.4) is 0 Å². The van der Waals surface area contributed by atoms with Crippen molar-refractivity contribution in [2.24, 2.45) is 5.41 Å². The Morgan fingerprint density at radius 1 is 1.60 bits per heavy atom. The van der Waals surface area contributed by atoms with Gasteiger partial charge in [-0.25, -0.2) is 4.37 Å². The Morgan fingerprint density at radius 2 is 2.33 bits per heavy atom. The van der Waals surface area contributed by atoms with Gasteiger partial charge in [0.2, 0.25) is 0 Å². The molecule has 1 aliphatic rings. The highest BCUT2D eigenvalue weighted by Gasteiger charge is 2.38. The molecule has 0 atom stereocenters. The highest BCUT2D eigenvalue weighted by atomic mass is 32.1. The predicted octanol–water partition coefficient (Wildman–Crippen LogP) is 2.11. The number of rotatable bonds is 3. The van der Waals surface area contributed by atoms with E-state index in [9.17, 15) is 4.79 Å². The molecule has 4 heteroatoms. The van der Waals surface area contributed by atoms with E-state index in [-0.39, 0.29) is 5.41 Å². The Bertz CT molecular complexity index is 328. The van der Waals surface area contributed by atoms with E-state index in [1.165, 1.54) is 11.5 Å². The highest BCUT2D eigenvalue weighted by molar-refractivity contribution is 7.03. The minimum absolute atomic E-state index is 0.131. The largest absolute Gasteiger partial charge is 0.317 e. The molecule has 0 saturated carbocycles. The molecule has 0 radical (unpaired) electrons. The summed E-state index contributed by atoms with van der Waals surface area (Å²) in [7, 11) is 0. The van der Waals surface area contributed by atoms with Crippen LogP contribution in [0, 0.1) is 5.41 Å². The highest BCUT2D eigenvalue weighted by Crippen LogP contribution is 2.36. The first-order chi connectivity index (χ1) is 7.28. The molecule has 1 aromatic heterocycles.